The van der Waals surface area contributed by atoms with Gasteiger partial charge in [0.15, 0.2) is 0 Å². The normalized spacial score (nSPS) is 21.5. The van der Waals surface area contributed by atoms with E-state index in [1.807, 2.05) is 60.3 Å². The maximum atomic E-state index is 13.3. The lowest BCUT2D eigenvalue weighted by molar-refractivity contribution is -0.135. The van der Waals surface area contributed by atoms with Crippen LogP contribution in [0.3, 0.4) is 0 Å². The van der Waals surface area contributed by atoms with Crippen LogP contribution in [-0.2, 0) is 4.79 Å². The molecule has 0 aliphatic carbocycles. The first-order valence-electron chi connectivity index (χ1n) is 8.87. The number of benzene rings is 2. The fraction of sp³-hybridized carbons (Fsp3) is 0.381. The number of rotatable bonds is 5. The van der Waals surface area contributed by atoms with Gasteiger partial charge in [-0.3, -0.25) is 9.69 Å². The van der Waals surface area contributed by atoms with E-state index in [-0.39, 0.29) is 11.9 Å². The Morgan fingerprint density at radius 3 is 2.24 bits per heavy atom. The van der Waals surface area contributed by atoms with Crippen LogP contribution in [0.1, 0.15) is 23.1 Å². The first-order chi connectivity index (χ1) is 12.1. The first kappa shape index (κ1) is 17.6. The third-order valence-corrected chi connectivity index (χ3v) is 5.15. The summed E-state index contributed by atoms with van der Waals surface area (Å²) in [4.78, 5) is 17.3. The third-order valence-electron chi connectivity index (χ3n) is 5.15. The summed E-state index contributed by atoms with van der Waals surface area (Å²) in [6.07, 6.45) is 0. The summed E-state index contributed by atoms with van der Waals surface area (Å²) < 4.78 is 0. The molecule has 2 N–H and O–H groups in total. The van der Waals surface area contributed by atoms with Gasteiger partial charge in [0.2, 0.25) is 5.91 Å². The predicted molar refractivity (Wildman–Crippen MR) is 101 cm³/mol. The van der Waals surface area contributed by atoms with Crippen LogP contribution in [0.4, 0.5) is 0 Å². The molecule has 1 aliphatic rings. The summed E-state index contributed by atoms with van der Waals surface area (Å²) in [5, 5.41) is 0. The smallest absolute Gasteiger partial charge is 0.244 e. The number of carbonyl (C=O) groups excluding carboxylic acids is 1. The lowest BCUT2D eigenvalue weighted by Crippen LogP contribution is -2.39. The average molecular weight is 337 g/mol. The number of amides is 1. The summed E-state index contributed by atoms with van der Waals surface area (Å²) in [5.41, 5.74) is 8.33. The quantitative estimate of drug-likeness (QED) is 0.912. The molecule has 1 amide bonds. The minimum Gasteiger partial charge on any atom is -0.340 e. The molecule has 1 unspecified atom stereocenters. The van der Waals surface area contributed by atoms with Crippen molar-refractivity contribution in [2.24, 2.45) is 11.7 Å². The van der Waals surface area contributed by atoms with Crippen molar-refractivity contribution in [2.75, 3.05) is 33.7 Å². The Hall–Kier alpha value is -2.17. The maximum absolute atomic E-state index is 13.3. The van der Waals surface area contributed by atoms with Crippen molar-refractivity contribution in [3.05, 3.63) is 71.8 Å². The van der Waals surface area contributed by atoms with E-state index in [9.17, 15) is 4.79 Å². The van der Waals surface area contributed by atoms with Crippen LogP contribution in [-0.4, -0.2) is 49.4 Å². The molecule has 4 heteroatoms. The van der Waals surface area contributed by atoms with Crippen LogP contribution in [0.25, 0.3) is 0 Å². The topological polar surface area (TPSA) is 49.6 Å². The molecule has 3 rings (SSSR count). The second kappa shape index (κ2) is 7.81. The van der Waals surface area contributed by atoms with Crippen molar-refractivity contribution in [3.8, 4) is 0 Å². The zero-order valence-corrected chi connectivity index (χ0v) is 15.0. The van der Waals surface area contributed by atoms with Gasteiger partial charge in [-0.05, 0) is 37.7 Å². The van der Waals surface area contributed by atoms with Gasteiger partial charge >= 0.3 is 0 Å². The molecule has 1 saturated heterocycles. The Labute approximate surface area is 150 Å². The van der Waals surface area contributed by atoms with Crippen molar-refractivity contribution in [1.29, 1.82) is 0 Å². The predicted octanol–water partition coefficient (Wildman–Crippen LogP) is 2.49. The van der Waals surface area contributed by atoms with Gasteiger partial charge in [0.25, 0.3) is 0 Å². The first-order valence-corrected chi connectivity index (χ1v) is 8.87. The molecule has 0 radical (unpaired) electrons. The molecule has 1 aliphatic heterocycles. The minimum atomic E-state index is -0.255. The molecule has 4 nitrogen and oxygen atoms in total. The zero-order chi connectivity index (χ0) is 17.8. The molecular formula is C21H27N3O. The molecule has 2 aromatic carbocycles. The highest BCUT2D eigenvalue weighted by atomic mass is 16.2. The third kappa shape index (κ3) is 3.75. The molecule has 25 heavy (non-hydrogen) atoms. The van der Waals surface area contributed by atoms with Gasteiger partial charge in [0.1, 0.15) is 6.04 Å². The Bertz CT molecular complexity index is 687. The SMILES string of the molecule is CN(C)C(C(=O)N1C[C@@H](CN)[C@H](c2ccccc2)C1)c1ccccc1. The van der Waals surface area contributed by atoms with E-state index >= 15 is 0 Å². The van der Waals surface area contributed by atoms with Crippen LogP contribution in [0.5, 0.6) is 0 Å². The van der Waals surface area contributed by atoms with Crippen LogP contribution < -0.4 is 5.73 Å². The summed E-state index contributed by atoms with van der Waals surface area (Å²) in [5.74, 6) is 0.784. The van der Waals surface area contributed by atoms with Gasteiger partial charge in [-0.15, -0.1) is 0 Å². The Balaban J connectivity index is 1.82. The number of likely N-dealkylation sites (tertiary alicyclic amines) is 1. The fourth-order valence-corrected chi connectivity index (χ4v) is 3.84. The van der Waals surface area contributed by atoms with Crippen LogP contribution in [0.2, 0.25) is 0 Å². The number of nitrogens with two attached hydrogens (primary N) is 1. The molecule has 2 aromatic rings. The number of hydrogen-bond acceptors (Lipinski definition) is 3. The Kier molecular flexibility index (Phi) is 5.51. The highest BCUT2D eigenvalue weighted by Crippen LogP contribution is 2.34. The summed E-state index contributed by atoms with van der Waals surface area (Å²) in [7, 11) is 3.92. The molecule has 0 saturated carbocycles. The highest BCUT2D eigenvalue weighted by Gasteiger charge is 2.38. The molecular weight excluding hydrogens is 310 g/mol. The van der Waals surface area contributed by atoms with E-state index in [2.05, 4.69) is 24.3 Å². The average Bonchev–Trinajstić information content (AvgIpc) is 3.07. The monoisotopic (exact) mass is 337 g/mol. The van der Waals surface area contributed by atoms with Gasteiger partial charge in [-0.2, -0.15) is 0 Å². The second-order valence-electron chi connectivity index (χ2n) is 7.03. The van der Waals surface area contributed by atoms with Crippen LogP contribution >= 0.6 is 0 Å². The molecule has 1 fully saturated rings. The van der Waals surface area contributed by atoms with Crippen LogP contribution in [0.15, 0.2) is 60.7 Å². The number of hydrogen-bond donors (Lipinski definition) is 1. The maximum Gasteiger partial charge on any atom is 0.244 e. The largest absolute Gasteiger partial charge is 0.340 e. The van der Waals surface area contributed by atoms with Crippen molar-refractivity contribution in [2.45, 2.75) is 12.0 Å². The number of likely N-dealkylation sites (N-methyl/N-ethyl adjacent to an activating group) is 1. The summed E-state index contributed by atoms with van der Waals surface area (Å²) >= 11 is 0. The van der Waals surface area contributed by atoms with Crippen molar-refractivity contribution in [1.82, 2.24) is 9.80 Å². The molecule has 0 bridgehead atoms. The minimum absolute atomic E-state index is 0.160. The van der Waals surface area contributed by atoms with Gasteiger partial charge in [0.05, 0.1) is 0 Å². The standard InChI is InChI=1S/C21H27N3O/c1-23(2)20(17-11-7-4-8-12-17)21(25)24-14-18(13-22)19(15-24)16-9-5-3-6-10-16/h3-12,18-20H,13-15,22H2,1-2H3/t18-,19+,20?/m1/s1. The zero-order valence-electron chi connectivity index (χ0n) is 15.0. The summed E-state index contributed by atoms with van der Waals surface area (Å²) in [6, 6.07) is 20.2. The van der Waals surface area contributed by atoms with Gasteiger partial charge in [-0.1, -0.05) is 60.7 Å². The Morgan fingerprint density at radius 1 is 1.08 bits per heavy atom. The van der Waals surface area contributed by atoms with Crippen molar-refractivity contribution >= 4 is 5.91 Å². The Morgan fingerprint density at radius 2 is 1.68 bits per heavy atom. The van der Waals surface area contributed by atoms with Crippen molar-refractivity contribution < 1.29 is 4.79 Å². The number of carbonyl (C=O) groups is 1. The van der Waals surface area contributed by atoms with Crippen molar-refractivity contribution in [3.63, 3.8) is 0 Å². The van der Waals surface area contributed by atoms with E-state index in [1.165, 1.54) is 5.56 Å². The molecule has 0 spiro atoms. The van der Waals surface area contributed by atoms with E-state index in [0.717, 1.165) is 18.7 Å². The number of nitrogens with zero attached hydrogens (tertiary/aromatic N) is 2. The highest BCUT2D eigenvalue weighted by molar-refractivity contribution is 5.83. The van der Waals surface area contributed by atoms with E-state index in [4.69, 9.17) is 5.73 Å². The van der Waals surface area contributed by atoms with E-state index in [1.54, 1.807) is 0 Å². The lowest BCUT2D eigenvalue weighted by Gasteiger charge is -2.28. The summed E-state index contributed by atoms with van der Waals surface area (Å²) in [6.45, 7) is 2.06. The van der Waals surface area contributed by atoms with Gasteiger partial charge in [0, 0.05) is 19.0 Å². The van der Waals surface area contributed by atoms with Gasteiger partial charge < -0.3 is 10.6 Å². The van der Waals surface area contributed by atoms with E-state index < -0.39 is 0 Å². The van der Waals surface area contributed by atoms with E-state index in [0.29, 0.717) is 18.4 Å². The molecule has 0 aromatic heterocycles. The fourth-order valence-electron chi connectivity index (χ4n) is 3.84. The van der Waals surface area contributed by atoms with Crippen LogP contribution in [0, 0.1) is 5.92 Å². The molecule has 1 heterocycles. The lowest BCUT2D eigenvalue weighted by atomic mass is 9.89. The molecule has 132 valence electrons. The van der Waals surface area contributed by atoms with Gasteiger partial charge in [-0.25, -0.2) is 0 Å². The second-order valence-corrected chi connectivity index (χ2v) is 7.03. The molecule has 3 atom stereocenters.